The SMILES string of the molecule is COc1cc(/C=N\NC(=O)COc2cc(C)ccc2C(C)C)ccc1OC(=O)c1ccc(Cl)c(Cl)c1. The number of aryl methyl sites for hydroxylation is 1. The molecule has 188 valence electrons. The Labute approximate surface area is 220 Å². The highest BCUT2D eigenvalue weighted by Gasteiger charge is 2.14. The summed E-state index contributed by atoms with van der Waals surface area (Å²) in [5.41, 5.74) is 5.37. The highest BCUT2D eigenvalue weighted by Crippen LogP contribution is 2.30. The molecule has 3 aromatic carbocycles. The number of benzene rings is 3. The van der Waals surface area contributed by atoms with Crippen molar-refractivity contribution in [3.05, 3.63) is 86.9 Å². The lowest BCUT2D eigenvalue weighted by molar-refractivity contribution is -0.123. The molecule has 0 bridgehead atoms. The summed E-state index contributed by atoms with van der Waals surface area (Å²) in [7, 11) is 1.45. The lowest BCUT2D eigenvalue weighted by Gasteiger charge is -2.14. The summed E-state index contributed by atoms with van der Waals surface area (Å²) in [6.45, 7) is 5.92. The van der Waals surface area contributed by atoms with Crippen molar-refractivity contribution >= 4 is 41.3 Å². The van der Waals surface area contributed by atoms with Gasteiger partial charge in [-0.1, -0.05) is 49.2 Å². The van der Waals surface area contributed by atoms with Gasteiger partial charge in [-0.3, -0.25) is 4.79 Å². The Morgan fingerprint density at radius 3 is 2.44 bits per heavy atom. The summed E-state index contributed by atoms with van der Waals surface area (Å²) in [6, 6.07) is 15.2. The maximum absolute atomic E-state index is 12.5. The van der Waals surface area contributed by atoms with Gasteiger partial charge in [0.25, 0.3) is 5.91 Å². The van der Waals surface area contributed by atoms with E-state index in [1.807, 2.05) is 25.1 Å². The predicted molar refractivity (Wildman–Crippen MR) is 141 cm³/mol. The van der Waals surface area contributed by atoms with E-state index < -0.39 is 11.9 Å². The molecule has 3 rings (SSSR count). The topological polar surface area (TPSA) is 86.2 Å². The summed E-state index contributed by atoms with van der Waals surface area (Å²) >= 11 is 11.9. The fourth-order valence-electron chi connectivity index (χ4n) is 3.23. The van der Waals surface area contributed by atoms with Gasteiger partial charge in [0.15, 0.2) is 18.1 Å². The summed E-state index contributed by atoms with van der Waals surface area (Å²) < 4.78 is 16.5. The minimum absolute atomic E-state index is 0.173. The van der Waals surface area contributed by atoms with E-state index in [1.54, 1.807) is 18.2 Å². The van der Waals surface area contributed by atoms with E-state index in [0.29, 0.717) is 22.1 Å². The summed E-state index contributed by atoms with van der Waals surface area (Å²) in [6.07, 6.45) is 1.44. The summed E-state index contributed by atoms with van der Waals surface area (Å²) in [5.74, 6) is 0.448. The molecule has 0 saturated carbocycles. The highest BCUT2D eigenvalue weighted by atomic mass is 35.5. The van der Waals surface area contributed by atoms with Crippen LogP contribution in [0.2, 0.25) is 10.0 Å². The quantitative estimate of drug-likeness (QED) is 0.155. The molecule has 1 amide bonds. The number of carbonyl (C=O) groups excluding carboxylic acids is 2. The van der Waals surface area contributed by atoms with E-state index in [-0.39, 0.29) is 28.9 Å². The van der Waals surface area contributed by atoms with Crippen molar-refractivity contribution in [3.8, 4) is 17.2 Å². The van der Waals surface area contributed by atoms with E-state index >= 15 is 0 Å². The second-order valence-electron chi connectivity index (χ2n) is 8.21. The second-order valence-corrected chi connectivity index (χ2v) is 9.02. The van der Waals surface area contributed by atoms with Crippen LogP contribution in [-0.4, -0.2) is 31.8 Å². The van der Waals surface area contributed by atoms with Gasteiger partial charge in [-0.2, -0.15) is 5.10 Å². The number of ether oxygens (including phenoxy) is 3. The smallest absolute Gasteiger partial charge is 0.343 e. The summed E-state index contributed by atoms with van der Waals surface area (Å²) in [4.78, 5) is 24.7. The molecule has 7 nitrogen and oxygen atoms in total. The van der Waals surface area contributed by atoms with Crippen LogP contribution in [0.15, 0.2) is 59.7 Å². The van der Waals surface area contributed by atoms with Crippen molar-refractivity contribution in [2.45, 2.75) is 26.7 Å². The Morgan fingerprint density at radius 1 is 0.972 bits per heavy atom. The standard InChI is InChI=1S/C27H26Cl2N2O5/c1-16(2)20-8-5-17(3)11-24(20)35-15-26(32)31-30-14-18-6-10-23(25(12-18)34-4)36-27(33)19-7-9-21(28)22(29)13-19/h5-14,16H,15H2,1-4H3,(H,31,32)/b30-14-. The van der Waals surface area contributed by atoms with Crippen LogP contribution in [0.1, 0.15) is 46.8 Å². The van der Waals surface area contributed by atoms with Gasteiger partial charge in [0.1, 0.15) is 5.75 Å². The molecule has 1 N–H and O–H groups in total. The van der Waals surface area contributed by atoms with E-state index in [4.69, 9.17) is 37.4 Å². The zero-order valence-electron chi connectivity index (χ0n) is 20.3. The molecule has 0 radical (unpaired) electrons. The first-order valence-corrected chi connectivity index (χ1v) is 11.8. The lowest BCUT2D eigenvalue weighted by atomic mass is 10.0. The van der Waals surface area contributed by atoms with E-state index in [1.165, 1.54) is 31.5 Å². The molecule has 0 aliphatic carbocycles. The van der Waals surface area contributed by atoms with Crippen molar-refractivity contribution in [2.75, 3.05) is 13.7 Å². The molecule has 0 aromatic heterocycles. The van der Waals surface area contributed by atoms with Crippen molar-refractivity contribution in [3.63, 3.8) is 0 Å². The third kappa shape index (κ3) is 7.23. The average Bonchev–Trinajstić information content (AvgIpc) is 2.85. The number of methoxy groups -OCH3 is 1. The zero-order chi connectivity index (χ0) is 26.2. The van der Waals surface area contributed by atoms with Gasteiger partial charge in [0.05, 0.1) is 28.9 Å². The lowest BCUT2D eigenvalue weighted by Crippen LogP contribution is -2.25. The molecule has 0 spiro atoms. The normalized spacial score (nSPS) is 11.0. The number of hydrogen-bond acceptors (Lipinski definition) is 6. The molecule has 0 aliphatic heterocycles. The van der Waals surface area contributed by atoms with Crippen LogP contribution in [0.5, 0.6) is 17.2 Å². The van der Waals surface area contributed by atoms with Gasteiger partial charge in [0.2, 0.25) is 0 Å². The number of nitrogens with one attached hydrogen (secondary N) is 1. The molecule has 0 atom stereocenters. The van der Waals surface area contributed by atoms with Gasteiger partial charge in [-0.05, 0) is 72.0 Å². The van der Waals surface area contributed by atoms with Crippen molar-refractivity contribution in [1.29, 1.82) is 0 Å². The molecule has 0 heterocycles. The number of hydrogen-bond donors (Lipinski definition) is 1. The van der Waals surface area contributed by atoms with Crippen LogP contribution in [0.3, 0.4) is 0 Å². The Bertz CT molecular complexity index is 1290. The van der Waals surface area contributed by atoms with Crippen LogP contribution in [0, 0.1) is 6.92 Å². The van der Waals surface area contributed by atoms with Gasteiger partial charge < -0.3 is 14.2 Å². The molecular formula is C27H26Cl2N2O5. The molecule has 3 aromatic rings. The molecule has 0 unspecified atom stereocenters. The Kier molecular flexibility index (Phi) is 9.33. The third-order valence-electron chi connectivity index (χ3n) is 5.10. The molecule has 0 aliphatic rings. The number of carbonyl (C=O) groups is 2. The first-order valence-electron chi connectivity index (χ1n) is 11.1. The van der Waals surface area contributed by atoms with Crippen LogP contribution in [0.4, 0.5) is 0 Å². The summed E-state index contributed by atoms with van der Waals surface area (Å²) in [5, 5.41) is 4.55. The number of amides is 1. The van der Waals surface area contributed by atoms with Crippen molar-refractivity contribution in [2.24, 2.45) is 5.10 Å². The molecule has 36 heavy (non-hydrogen) atoms. The molecule has 0 saturated heterocycles. The van der Waals surface area contributed by atoms with E-state index in [9.17, 15) is 9.59 Å². The number of esters is 1. The van der Waals surface area contributed by atoms with Crippen molar-refractivity contribution < 1.29 is 23.8 Å². The monoisotopic (exact) mass is 528 g/mol. The first-order chi connectivity index (χ1) is 17.2. The fraction of sp³-hybridized carbons (Fsp3) is 0.222. The van der Waals surface area contributed by atoms with E-state index in [0.717, 1.165) is 11.1 Å². The number of rotatable bonds is 9. The molecular weight excluding hydrogens is 503 g/mol. The number of halogens is 2. The predicted octanol–water partition coefficient (Wildman–Crippen LogP) is 6.18. The van der Waals surface area contributed by atoms with Crippen LogP contribution in [0.25, 0.3) is 0 Å². The van der Waals surface area contributed by atoms with Gasteiger partial charge >= 0.3 is 5.97 Å². The van der Waals surface area contributed by atoms with Crippen LogP contribution < -0.4 is 19.6 Å². The largest absolute Gasteiger partial charge is 0.493 e. The number of hydrazone groups is 1. The number of nitrogens with zero attached hydrogens (tertiary/aromatic N) is 1. The average molecular weight is 529 g/mol. The maximum Gasteiger partial charge on any atom is 0.343 e. The van der Waals surface area contributed by atoms with Gasteiger partial charge in [0, 0.05) is 0 Å². The second kappa shape index (κ2) is 12.4. The van der Waals surface area contributed by atoms with Gasteiger partial charge in [-0.15, -0.1) is 0 Å². The Morgan fingerprint density at radius 2 is 1.75 bits per heavy atom. The zero-order valence-corrected chi connectivity index (χ0v) is 21.8. The molecule has 0 fully saturated rings. The minimum Gasteiger partial charge on any atom is -0.493 e. The van der Waals surface area contributed by atoms with E-state index in [2.05, 4.69) is 24.4 Å². The highest BCUT2D eigenvalue weighted by molar-refractivity contribution is 6.42. The maximum atomic E-state index is 12.5. The first kappa shape index (κ1) is 27.0. The van der Waals surface area contributed by atoms with Gasteiger partial charge in [-0.25, -0.2) is 10.2 Å². The van der Waals surface area contributed by atoms with Crippen LogP contribution >= 0.6 is 23.2 Å². The molecule has 9 heteroatoms. The van der Waals surface area contributed by atoms with Crippen molar-refractivity contribution in [1.82, 2.24) is 5.43 Å². The Hall–Kier alpha value is -3.55. The minimum atomic E-state index is -0.616. The van der Waals surface area contributed by atoms with Crippen LogP contribution in [-0.2, 0) is 4.79 Å². The fourth-order valence-corrected chi connectivity index (χ4v) is 3.53. The third-order valence-corrected chi connectivity index (χ3v) is 5.84. The Balaban J connectivity index is 1.59.